The second kappa shape index (κ2) is 6.62. The highest BCUT2D eigenvalue weighted by molar-refractivity contribution is 5.92. The zero-order valence-corrected chi connectivity index (χ0v) is 14.0. The fraction of sp³-hybridized carbons (Fsp3) is 0.625. The first-order chi connectivity index (χ1) is 11.9. The van der Waals surface area contributed by atoms with Gasteiger partial charge in [-0.25, -0.2) is 18.7 Å². The smallest absolute Gasteiger partial charge is 0.291 e. The summed E-state index contributed by atoms with van der Waals surface area (Å²) in [4.78, 5) is 35.5. The summed E-state index contributed by atoms with van der Waals surface area (Å²) in [7, 11) is 1.52. The molecule has 0 aromatic carbocycles. The van der Waals surface area contributed by atoms with Gasteiger partial charge in [0.15, 0.2) is 0 Å². The molecule has 1 atom stereocenters. The van der Waals surface area contributed by atoms with Crippen molar-refractivity contribution in [1.29, 1.82) is 0 Å². The van der Waals surface area contributed by atoms with Crippen molar-refractivity contribution in [1.82, 2.24) is 19.8 Å². The molecule has 0 bridgehead atoms. The van der Waals surface area contributed by atoms with Crippen LogP contribution in [0.2, 0.25) is 0 Å². The van der Waals surface area contributed by atoms with Crippen LogP contribution in [-0.2, 0) is 9.53 Å². The third kappa shape index (κ3) is 3.46. The average molecular weight is 354 g/mol. The van der Waals surface area contributed by atoms with Crippen LogP contribution in [0.4, 0.5) is 8.78 Å². The number of hydrogen-bond donors (Lipinski definition) is 0. The van der Waals surface area contributed by atoms with Gasteiger partial charge in [0.25, 0.3) is 11.8 Å². The van der Waals surface area contributed by atoms with Gasteiger partial charge in [-0.1, -0.05) is 0 Å². The second-order valence-electron chi connectivity index (χ2n) is 6.58. The van der Waals surface area contributed by atoms with Crippen molar-refractivity contribution >= 4 is 11.8 Å². The Morgan fingerprint density at radius 1 is 1.32 bits per heavy atom. The SMILES string of the molecule is COCCN1CC[C@]2(CN(C(=O)c3ncccn3)CC(F)(F)C2)C1=O. The van der Waals surface area contributed by atoms with Crippen LogP contribution in [0.25, 0.3) is 0 Å². The second-order valence-corrected chi connectivity index (χ2v) is 6.58. The fourth-order valence-corrected chi connectivity index (χ4v) is 3.62. The zero-order chi connectivity index (χ0) is 18.1. The number of rotatable bonds is 4. The summed E-state index contributed by atoms with van der Waals surface area (Å²) in [6, 6.07) is 1.54. The minimum atomic E-state index is -3.13. The molecule has 0 aliphatic carbocycles. The van der Waals surface area contributed by atoms with Gasteiger partial charge in [-0.15, -0.1) is 0 Å². The van der Waals surface area contributed by atoms with Crippen molar-refractivity contribution in [2.45, 2.75) is 18.8 Å². The monoisotopic (exact) mass is 354 g/mol. The Hall–Kier alpha value is -2.16. The van der Waals surface area contributed by atoms with Crippen molar-refractivity contribution in [3.05, 3.63) is 24.3 Å². The van der Waals surface area contributed by atoms with Crippen molar-refractivity contribution in [2.24, 2.45) is 5.41 Å². The Balaban J connectivity index is 1.82. The van der Waals surface area contributed by atoms with Gasteiger partial charge in [-0.2, -0.15) is 0 Å². The summed E-state index contributed by atoms with van der Waals surface area (Å²) in [6.07, 6.45) is 2.52. The van der Waals surface area contributed by atoms with Gasteiger partial charge in [0.05, 0.1) is 18.6 Å². The molecule has 2 aliphatic rings. The van der Waals surface area contributed by atoms with E-state index in [0.717, 1.165) is 4.90 Å². The number of methoxy groups -OCH3 is 1. The molecule has 7 nitrogen and oxygen atoms in total. The Morgan fingerprint density at radius 2 is 2.04 bits per heavy atom. The molecule has 1 aromatic heterocycles. The van der Waals surface area contributed by atoms with Gasteiger partial charge in [-0.05, 0) is 12.5 Å². The molecule has 2 fully saturated rings. The lowest BCUT2D eigenvalue weighted by Gasteiger charge is -2.42. The number of ether oxygens (including phenoxy) is 1. The third-order valence-electron chi connectivity index (χ3n) is 4.72. The summed E-state index contributed by atoms with van der Waals surface area (Å²) in [5.41, 5.74) is -1.25. The van der Waals surface area contributed by atoms with E-state index in [1.807, 2.05) is 0 Å². The molecule has 1 aromatic rings. The predicted octanol–water partition coefficient (Wildman–Crippen LogP) is 0.823. The summed E-state index contributed by atoms with van der Waals surface area (Å²) < 4.78 is 33.7. The van der Waals surface area contributed by atoms with E-state index in [1.54, 1.807) is 0 Å². The van der Waals surface area contributed by atoms with E-state index in [4.69, 9.17) is 4.74 Å². The quantitative estimate of drug-likeness (QED) is 0.800. The number of carbonyl (C=O) groups is 2. The van der Waals surface area contributed by atoms with Gasteiger partial charge in [0.2, 0.25) is 11.7 Å². The van der Waals surface area contributed by atoms with Gasteiger partial charge in [0.1, 0.15) is 0 Å². The third-order valence-corrected chi connectivity index (χ3v) is 4.72. The maximum atomic E-state index is 14.3. The molecule has 2 saturated heterocycles. The molecule has 0 N–H and O–H groups in total. The minimum absolute atomic E-state index is 0.0397. The van der Waals surface area contributed by atoms with Crippen molar-refractivity contribution < 1.29 is 23.1 Å². The molecule has 3 rings (SSSR count). The number of amides is 2. The predicted molar refractivity (Wildman–Crippen MR) is 83.0 cm³/mol. The van der Waals surface area contributed by atoms with Crippen molar-refractivity contribution in [2.75, 3.05) is 39.9 Å². The number of aromatic nitrogens is 2. The van der Waals surface area contributed by atoms with Crippen LogP contribution in [0.1, 0.15) is 23.5 Å². The van der Waals surface area contributed by atoms with Crippen molar-refractivity contribution in [3.63, 3.8) is 0 Å². The van der Waals surface area contributed by atoms with E-state index in [9.17, 15) is 18.4 Å². The molecule has 1 spiro atoms. The molecule has 0 radical (unpaired) electrons. The Labute approximate surface area is 144 Å². The highest BCUT2D eigenvalue weighted by atomic mass is 19.3. The number of nitrogens with zero attached hydrogens (tertiary/aromatic N) is 4. The molecule has 9 heteroatoms. The lowest BCUT2D eigenvalue weighted by molar-refractivity contribution is -0.151. The topological polar surface area (TPSA) is 75.6 Å². The van der Waals surface area contributed by atoms with Crippen LogP contribution in [0.3, 0.4) is 0 Å². The van der Waals surface area contributed by atoms with Gasteiger partial charge in [-0.3, -0.25) is 9.59 Å². The van der Waals surface area contributed by atoms with E-state index in [1.165, 1.54) is 30.5 Å². The highest BCUT2D eigenvalue weighted by Crippen LogP contribution is 2.45. The number of piperidine rings is 1. The number of carbonyl (C=O) groups excluding carboxylic acids is 2. The highest BCUT2D eigenvalue weighted by Gasteiger charge is 2.57. The normalized spacial score (nSPS) is 25.6. The number of halogens is 2. The van der Waals surface area contributed by atoms with E-state index in [0.29, 0.717) is 26.1 Å². The Bertz CT molecular complexity index is 658. The van der Waals surface area contributed by atoms with E-state index < -0.39 is 30.2 Å². The summed E-state index contributed by atoms with van der Waals surface area (Å²) >= 11 is 0. The molecule has 3 heterocycles. The van der Waals surface area contributed by atoms with Gasteiger partial charge < -0.3 is 14.5 Å². The first kappa shape index (κ1) is 17.7. The standard InChI is InChI=1S/C16H20F2N4O3/c1-25-8-7-21-6-3-15(14(21)24)9-16(17,18)11-22(10-15)13(23)12-19-4-2-5-20-12/h2,4-5H,3,6-11H2,1H3/t15-/m0/s1. The summed E-state index contributed by atoms with van der Waals surface area (Å²) in [6.45, 7) is 0.332. The van der Waals surface area contributed by atoms with Gasteiger partial charge in [0, 0.05) is 45.6 Å². The molecular formula is C16H20F2N4O3. The largest absolute Gasteiger partial charge is 0.383 e. The van der Waals surface area contributed by atoms with Crippen LogP contribution in [0.15, 0.2) is 18.5 Å². The zero-order valence-electron chi connectivity index (χ0n) is 14.0. The number of hydrogen-bond acceptors (Lipinski definition) is 5. The number of likely N-dealkylation sites (tertiary alicyclic amines) is 2. The molecular weight excluding hydrogens is 334 g/mol. The lowest BCUT2D eigenvalue weighted by atomic mass is 9.77. The minimum Gasteiger partial charge on any atom is -0.383 e. The Morgan fingerprint density at radius 3 is 2.72 bits per heavy atom. The van der Waals surface area contributed by atoms with Gasteiger partial charge >= 0.3 is 0 Å². The van der Waals surface area contributed by atoms with Crippen LogP contribution in [0.5, 0.6) is 0 Å². The fourth-order valence-electron chi connectivity index (χ4n) is 3.62. The van der Waals surface area contributed by atoms with E-state index in [-0.39, 0.29) is 18.3 Å². The van der Waals surface area contributed by atoms with Crippen LogP contribution in [0, 0.1) is 5.41 Å². The summed E-state index contributed by atoms with van der Waals surface area (Å²) in [5.74, 6) is -4.29. The van der Waals surface area contributed by atoms with Crippen LogP contribution >= 0.6 is 0 Å². The van der Waals surface area contributed by atoms with E-state index in [2.05, 4.69) is 9.97 Å². The maximum Gasteiger partial charge on any atom is 0.291 e. The Kier molecular flexibility index (Phi) is 4.68. The molecule has 25 heavy (non-hydrogen) atoms. The lowest BCUT2D eigenvalue weighted by Crippen LogP contribution is -2.57. The van der Waals surface area contributed by atoms with Crippen LogP contribution in [-0.4, -0.2) is 77.4 Å². The summed E-state index contributed by atoms with van der Waals surface area (Å²) in [5, 5.41) is 0. The first-order valence-electron chi connectivity index (χ1n) is 8.09. The van der Waals surface area contributed by atoms with Crippen LogP contribution < -0.4 is 0 Å². The molecule has 2 amide bonds. The average Bonchev–Trinajstić information content (AvgIpc) is 2.87. The number of alkyl halides is 2. The molecule has 0 saturated carbocycles. The molecule has 0 unspecified atom stereocenters. The van der Waals surface area contributed by atoms with E-state index >= 15 is 0 Å². The first-order valence-corrected chi connectivity index (χ1v) is 8.09. The maximum absolute atomic E-state index is 14.3. The molecule has 2 aliphatic heterocycles. The van der Waals surface area contributed by atoms with Crippen molar-refractivity contribution in [3.8, 4) is 0 Å². The molecule has 136 valence electrons.